The fraction of sp³-hybridized carbons (Fsp3) is 0.300. The van der Waals surface area contributed by atoms with E-state index >= 15 is 0 Å². The first-order valence-corrected chi connectivity index (χ1v) is 7.99. The molecule has 3 heteroatoms. The van der Waals surface area contributed by atoms with Gasteiger partial charge in [-0.25, -0.2) is 4.79 Å². The van der Waals surface area contributed by atoms with E-state index < -0.39 is 12.1 Å². The van der Waals surface area contributed by atoms with Gasteiger partial charge in [-0.2, -0.15) is 0 Å². The molecule has 2 aromatic carbocycles. The van der Waals surface area contributed by atoms with Crippen molar-refractivity contribution in [2.24, 2.45) is 0 Å². The SMILES string of the molecule is Cc1ccccc1C(=O)O[C@H](C)C(=O)c1ccc2c(c1)CCC2. The van der Waals surface area contributed by atoms with E-state index in [2.05, 4.69) is 0 Å². The number of hydrogen-bond acceptors (Lipinski definition) is 3. The first kappa shape index (κ1) is 15.5. The molecule has 118 valence electrons. The van der Waals surface area contributed by atoms with Gasteiger partial charge in [-0.05, 0) is 61.9 Å². The maximum absolute atomic E-state index is 12.5. The van der Waals surface area contributed by atoms with Crippen molar-refractivity contribution in [1.82, 2.24) is 0 Å². The molecule has 1 aliphatic rings. The minimum Gasteiger partial charge on any atom is -0.451 e. The topological polar surface area (TPSA) is 43.4 Å². The average molecular weight is 308 g/mol. The summed E-state index contributed by atoms with van der Waals surface area (Å²) in [5, 5.41) is 0. The zero-order valence-electron chi connectivity index (χ0n) is 13.5. The van der Waals surface area contributed by atoms with Crippen LogP contribution in [0.25, 0.3) is 0 Å². The van der Waals surface area contributed by atoms with E-state index in [-0.39, 0.29) is 5.78 Å². The highest BCUT2D eigenvalue weighted by Crippen LogP contribution is 2.23. The number of esters is 1. The molecular weight excluding hydrogens is 288 g/mol. The molecular formula is C20H20O3. The number of carbonyl (C=O) groups is 2. The Labute approximate surface area is 136 Å². The van der Waals surface area contributed by atoms with Crippen LogP contribution >= 0.6 is 0 Å². The predicted octanol–water partition coefficient (Wildman–Crippen LogP) is 3.91. The van der Waals surface area contributed by atoms with Crippen molar-refractivity contribution in [3.8, 4) is 0 Å². The van der Waals surface area contributed by atoms with Crippen LogP contribution in [-0.2, 0) is 17.6 Å². The number of benzene rings is 2. The lowest BCUT2D eigenvalue weighted by Crippen LogP contribution is -2.25. The highest BCUT2D eigenvalue weighted by Gasteiger charge is 2.22. The molecule has 0 saturated heterocycles. The largest absolute Gasteiger partial charge is 0.451 e. The number of fused-ring (bicyclic) bond motifs is 1. The van der Waals surface area contributed by atoms with Crippen molar-refractivity contribution in [2.75, 3.05) is 0 Å². The third-order valence-corrected chi connectivity index (χ3v) is 4.40. The van der Waals surface area contributed by atoms with Crippen LogP contribution in [0.1, 0.15) is 50.8 Å². The lowest BCUT2D eigenvalue weighted by molar-refractivity contribution is 0.0318. The highest BCUT2D eigenvalue weighted by atomic mass is 16.5. The summed E-state index contributed by atoms with van der Waals surface area (Å²) in [5.41, 5.74) is 4.53. The maximum atomic E-state index is 12.5. The molecule has 1 atom stereocenters. The third kappa shape index (κ3) is 3.19. The van der Waals surface area contributed by atoms with Crippen LogP contribution in [0, 0.1) is 6.92 Å². The summed E-state index contributed by atoms with van der Waals surface area (Å²) >= 11 is 0. The quantitative estimate of drug-likeness (QED) is 0.635. The van der Waals surface area contributed by atoms with Gasteiger partial charge < -0.3 is 4.74 Å². The monoisotopic (exact) mass is 308 g/mol. The van der Waals surface area contributed by atoms with Gasteiger partial charge in [0.1, 0.15) is 0 Å². The van der Waals surface area contributed by atoms with E-state index in [4.69, 9.17) is 4.74 Å². The summed E-state index contributed by atoms with van der Waals surface area (Å²) < 4.78 is 5.36. The molecule has 0 saturated carbocycles. The van der Waals surface area contributed by atoms with Crippen molar-refractivity contribution in [3.05, 3.63) is 70.3 Å². The van der Waals surface area contributed by atoms with Crippen LogP contribution in [-0.4, -0.2) is 17.9 Å². The first-order valence-electron chi connectivity index (χ1n) is 7.99. The van der Waals surface area contributed by atoms with E-state index in [1.165, 1.54) is 11.1 Å². The van der Waals surface area contributed by atoms with Crippen molar-refractivity contribution in [1.29, 1.82) is 0 Å². The number of Topliss-reactive ketones (excluding diaryl/α,β-unsaturated/α-hetero) is 1. The molecule has 3 nitrogen and oxygen atoms in total. The van der Waals surface area contributed by atoms with Crippen LogP contribution in [0.2, 0.25) is 0 Å². The normalized spacial score (nSPS) is 14.2. The molecule has 0 heterocycles. The van der Waals surface area contributed by atoms with E-state index in [1.54, 1.807) is 19.1 Å². The van der Waals surface area contributed by atoms with Crippen molar-refractivity contribution in [3.63, 3.8) is 0 Å². The minimum absolute atomic E-state index is 0.151. The summed E-state index contributed by atoms with van der Waals surface area (Å²) in [7, 11) is 0. The highest BCUT2D eigenvalue weighted by molar-refractivity contribution is 6.01. The Morgan fingerprint density at radius 3 is 2.57 bits per heavy atom. The Kier molecular flexibility index (Phi) is 4.28. The molecule has 0 unspecified atom stereocenters. The van der Waals surface area contributed by atoms with Gasteiger partial charge in [0.15, 0.2) is 6.10 Å². The van der Waals surface area contributed by atoms with Crippen molar-refractivity contribution < 1.29 is 14.3 Å². The van der Waals surface area contributed by atoms with Gasteiger partial charge in [0, 0.05) is 5.56 Å². The van der Waals surface area contributed by atoms with E-state index in [9.17, 15) is 9.59 Å². The van der Waals surface area contributed by atoms with Gasteiger partial charge in [-0.3, -0.25) is 4.79 Å². The van der Waals surface area contributed by atoms with Gasteiger partial charge in [0.05, 0.1) is 5.56 Å². The number of rotatable bonds is 4. The maximum Gasteiger partial charge on any atom is 0.339 e. The molecule has 2 aromatic rings. The second-order valence-corrected chi connectivity index (χ2v) is 6.06. The Morgan fingerprint density at radius 1 is 1.04 bits per heavy atom. The summed E-state index contributed by atoms with van der Waals surface area (Å²) in [4.78, 5) is 24.7. The number of carbonyl (C=O) groups excluding carboxylic acids is 2. The molecule has 0 spiro atoms. The summed E-state index contributed by atoms with van der Waals surface area (Å²) in [6, 6.07) is 13.0. The van der Waals surface area contributed by atoms with Crippen molar-refractivity contribution >= 4 is 11.8 Å². The van der Waals surface area contributed by atoms with Crippen LogP contribution in [0.15, 0.2) is 42.5 Å². The Bertz CT molecular complexity index is 761. The van der Waals surface area contributed by atoms with Gasteiger partial charge in [-0.1, -0.05) is 30.3 Å². The standard InChI is InChI=1S/C20H20O3/c1-13-6-3-4-9-18(13)20(22)23-14(2)19(21)17-11-10-15-7-5-8-16(15)12-17/h3-4,6,9-12,14H,5,7-8H2,1-2H3/t14-/m1/s1. The summed E-state index contributed by atoms with van der Waals surface area (Å²) in [5.74, 6) is -0.605. The van der Waals surface area contributed by atoms with Gasteiger partial charge >= 0.3 is 5.97 Å². The number of aryl methyl sites for hydroxylation is 3. The Balaban J connectivity index is 1.73. The molecule has 0 radical (unpaired) electrons. The molecule has 0 aromatic heterocycles. The van der Waals surface area contributed by atoms with Crippen molar-refractivity contribution in [2.45, 2.75) is 39.2 Å². The van der Waals surface area contributed by atoms with Gasteiger partial charge in [-0.15, -0.1) is 0 Å². The zero-order chi connectivity index (χ0) is 16.4. The second-order valence-electron chi connectivity index (χ2n) is 6.06. The smallest absolute Gasteiger partial charge is 0.339 e. The zero-order valence-corrected chi connectivity index (χ0v) is 13.5. The van der Waals surface area contributed by atoms with E-state index in [0.717, 1.165) is 24.8 Å². The molecule has 0 bridgehead atoms. The summed E-state index contributed by atoms with van der Waals surface area (Å²) in [6.07, 6.45) is 2.46. The Morgan fingerprint density at radius 2 is 1.78 bits per heavy atom. The lowest BCUT2D eigenvalue weighted by Gasteiger charge is -2.14. The molecule has 1 aliphatic carbocycles. The molecule has 23 heavy (non-hydrogen) atoms. The third-order valence-electron chi connectivity index (χ3n) is 4.40. The van der Waals surface area contributed by atoms with Crippen LogP contribution in [0.5, 0.6) is 0 Å². The number of hydrogen-bond donors (Lipinski definition) is 0. The summed E-state index contributed by atoms with van der Waals surface area (Å²) in [6.45, 7) is 3.48. The molecule has 0 fully saturated rings. The van der Waals surface area contributed by atoms with Crippen LogP contribution in [0.3, 0.4) is 0 Å². The second kappa shape index (κ2) is 6.37. The van der Waals surface area contributed by atoms with Gasteiger partial charge in [0.2, 0.25) is 5.78 Å². The van der Waals surface area contributed by atoms with E-state index in [0.29, 0.717) is 11.1 Å². The first-order chi connectivity index (χ1) is 11.1. The Hall–Kier alpha value is -2.42. The fourth-order valence-electron chi connectivity index (χ4n) is 3.04. The predicted molar refractivity (Wildman–Crippen MR) is 88.9 cm³/mol. The molecule has 0 amide bonds. The minimum atomic E-state index is -0.790. The average Bonchev–Trinajstić information content (AvgIpc) is 3.01. The molecule has 0 aliphatic heterocycles. The molecule has 0 N–H and O–H groups in total. The fourth-order valence-corrected chi connectivity index (χ4v) is 3.04. The van der Waals surface area contributed by atoms with Crippen LogP contribution < -0.4 is 0 Å². The number of ether oxygens (including phenoxy) is 1. The van der Waals surface area contributed by atoms with Crippen LogP contribution in [0.4, 0.5) is 0 Å². The lowest BCUT2D eigenvalue weighted by atomic mass is 10.0. The number of ketones is 1. The van der Waals surface area contributed by atoms with E-state index in [1.807, 2.05) is 37.3 Å². The molecule has 3 rings (SSSR count). The van der Waals surface area contributed by atoms with Gasteiger partial charge in [0.25, 0.3) is 0 Å².